The number of aryl methyl sites for hydroxylation is 1. The van der Waals surface area contributed by atoms with Gasteiger partial charge in [0.1, 0.15) is 5.52 Å². The summed E-state index contributed by atoms with van der Waals surface area (Å²) in [5.41, 5.74) is 5.08. The van der Waals surface area contributed by atoms with Gasteiger partial charge in [0, 0.05) is 15.7 Å². The Hall–Kier alpha value is -2.99. The first-order valence-electron chi connectivity index (χ1n) is 8.55. The second kappa shape index (κ2) is 7.32. The number of anilines is 1. The highest BCUT2D eigenvalue weighted by Crippen LogP contribution is 2.21. The van der Waals surface area contributed by atoms with Crippen LogP contribution in [0.2, 0.25) is 0 Å². The molecule has 1 heterocycles. The van der Waals surface area contributed by atoms with Crippen LogP contribution < -0.4 is 5.32 Å². The summed E-state index contributed by atoms with van der Waals surface area (Å²) in [5.74, 6) is -0.167. The predicted octanol–water partition coefficient (Wildman–Crippen LogP) is 4.80. The summed E-state index contributed by atoms with van der Waals surface area (Å²) < 4.78 is 2.82. The van der Waals surface area contributed by atoms with Crippen LogP contribution in [0.3, 0.4) is 0 Å². The van der Waals surface area contributed by atoms with Gasteiger partial charge in [-0.25, -0.2) is 4.68 Å². The number of rotatable bonds is 4. The number of hydrogen-bond acceptors (Lipinski definition) is 3. The molecule has 0 aliphatic carbocycles. The van der Waals surface area contributed by atoms with E-state index in [1.165, 1.54) is 0 Å². The quantitative estimate of drug-likeness (QED) is 0.515. The Morgan fingerprint density at radius 3 is 2.67 bits per heavy atom. The molecule has 134 valence electrons. The molecule has 0 saturated heterocycles. The maximum Gasteiger partial charge on any atom is 0.255 e. The molecule has 1 amide bonds. The van der Waals surface area contributed by atoms with Crippen molar-refractivity contribution in [3.63, 3.8) is 0 Å². The zero-order chi connectivity index (χ0) is 18.8. The van der Waals surface area contributed by atoms with Gasteiger partial charge in [0.25, 0.3) is 5.91 Å². The molecule has 0 aliphatic rings. The Kier molecular flexibility index (Phi) is 4.73. The lowest BCUT2D eigenvalue weighted by Gasteiger charge is -2.09. The lowest BCUT2D eigenvalue weighted by molar-refractivity contribution is 0.102. The lowest BCUT2D eigenvalue weighted by atomic mass is 10.1. The van der Waals surface area contributed by atoms with E-state index in [0.29, 0.717) is 17.6 Å². The molecule has 6 heteroatoms. The molecule has 0 radical (unpaired) electrons. The SMILES string of the molecule is Cc1cc(Br)ccc1NC(=O)c1ccc2c(c1)nnn2Cc1ccccc1. The van der Waals surface area contributed by atoms with Gasteiger partial charge in [0.2, 0.25) is 0 Å². The Bertz CT molecular complexity index is 1120. The molecule has 1 aromatic heterocycles. The Morgan fingerprint density at radius 1 is 1.07 bits per heavy atom. The van der Waals surface area contributed by atoms with Crippen LogP contribution in [0.5, 0.6) is 0 Å². The van der Waals surface area contributed by atoms with E-state index >= 15 is 0 Å². The van der Waals surface area contributed by atoms with Crippen LogP contribution in [0.4, 0.5) is 5.69 Å². The topological polar surface area (TPSA) is 59.8 Å². The van der Waals surface area contributed by atoms with Crippen LogP contribution in [-0.4, -0.2) is 20.9 Å². The molecule has 5 nitrogen and oxygen atoms in total. The van der Waals surface area contributed by atoms with E-state index in [2.05, 4.69) is 43.7 Å². The standard InChI is InChI=1S/C21H17BrN4O/c1-14-11-17(22)8-9-18(14)23-21(27)16-7-10-20-19(12-16)24-25-26(20)13-15-5-3-2-4-6-15/h2-12H,13H2,1H3,(H,23,27). The van der Waals surface area contributed by atoms with Crippen molar-refractivity contribution in [2.45, 2.75) is 13.5 Å². The summed E-state index contributed by atoms with van der Waals surface area (Å²) in [6, 6.07) is 21.3. The van der Waals surface area contributed by atoms with E-state index in [4.69, 9.17) is 0 Å². The second-order valence-electron chi connectivity index (χ2n) is 6.35. The summed E-state index contributed by atoms with van der Waals surface area (Å²) >= 11 is 3.43. The largest absolute Gasteiger partial charge is 0.322 e. The normalized spacial score (nSPS) is 10.9. The van der Waals surface area contributed by atoms with Crippen LogP contribution in [0.1, 0.15) is 21.5 Å². The molecule has 0 bridgehead atoms. The van der Waals surface area contributed by atoms with E-state index in [0.717, 1.165) is 26.8 Å². The minimum absolute atomic E-state index is 0.167. The van der Waals surface area contributed by atoms with Gasteiger partial charge < -0.3 is 5.32 Å². The first-order chi connectivity index (χ1) is 13.1. The Labute approximate surface area is 165 Å². The van der Waals surface area contributed by atoms with E-state index in [-0.39, 0.29) is 5.91 Å². The van der Waals surface area contributed by atoms with Crippen molar-refractivity contribution < 1.29 is 4.79 Å². The number of carbonyl (C=O) groups excluding carboxylic acids is 1. The highest BCUT2D eigenvalue weighted by atomic mass is 79.9. The monoisotopic (exact) mass is 420 g/mol. The maximum atomic E-state index is 12.6. The van der Waals surface area contributed by atoms with Crippen LogP contribution in [0, 0.1) is 6.92 Å². The van der Waals surface area contributed by atoms with E-state index < -0.39 is 0 Å². The first-order valence-corrected chi connectivity index (χ1v) is 9.34. The average Bonchev–Trinajstić information content (AvgIpc) is 3.07. The van der Waals surface area contributed by atoms with Gasteiger partial charge in [-0.3, -0.25) is 4.79 Å². The molecule has 0 atom stereocenters. The van der Waals surface area contributed by atoms with Gasteiger partial charge in [-0.1, -0.05) is 51.5 Å². The molecule has 0 aliphatic heterocycles. The van der Waals surface area contributed by atoms with E-state index in [1.807, 2.05) is 54.1 Å². The summed E-state index contributed by atoms with van der Waals surface area (Å²) in [6.07, 6.45) is 0. The van der Waals surface area contributed by atoms with Crippen molar-refractivity contribution in [1.82, 2.24) is 15.0 Å². The third-order valence-corrected chi connectivity index (χ3v) is 4.88. The number of hydrogen-bond donors (Lipinski definition) is 1. The van der Waals surface area contributed by atoms with Crippen molar-refractivity contribution in [1.29, 1.82) is 0 Å². The average molecular weight is 421 g/mol. The second-order valence-corrected chi connectivity index (χ2v) is 7.27. The molecule has 4 aromatic rings. The van der Waals surface area contributed by atoms with Crippen molar-refractivity contribution in [2.75, 3.05) is 5.32 Å². The van der Waals surface area contributed by atoms with E-state index in [9.17, 15) is 4.79 Å². The zero-order valence-electron chi connectivity index (χ0n) is 14.7. The predicted molar refractivity (Wildman–Crippen MR) is 110 cm³/mol. The number of benzene rings is 3. The summed E-state index contributed by atoms with van der Waals surface area (Å²) in [6.45, 7) is 2.60. The smallest absolute Gasteiger partial charge is 0.255 e. The minimum atomic E-state index is -0.167. The van der Waals surface area contributed by atoms with Crippen molar-refractivity contribution in [2.24, 2.45) is 0 Å². The lowest BCUT2D eigenvalue weighted by Crippen LogP contribution is -2.12. The van der Waals surface area contributed by atoms with Crippen LogP contribution in [0.25, 0.3) is 11.0 Å². The van der Waals surface area contributed by atoms with Gasteiger partial charge in [0.15, 0.2) is 0 Å². The molecule has 0 unspecified atom stereocenters. The molecular weight excluding hydrogens is 404 g/mol. The number of carbonyl (C=O) groups is 1. The fourth-order valence-electron chi connectivity index (χ4n) is 2.95. The number of aromatic nitrogens is 3. The fourth-order valence-corrected chi connectivity index (χ4v) is 3.42. The maximum absolute atomic E-state index is 12.6. The van der Waals surface area contributed by atoms with Gasteiger partial charge in [0.05, 0.1) is 12.1 Å². The Morgan fingerprint density at radius 2 is 1.89 bits per heavy atom. The van der Waals surface area contributed by atoms with Gasteiger partial charge >= 0.3 is 0 Å². The van der Waals surface area contributed by atoms with Crippen LogP contribution in [0.15, 0.2) is 71.2 Å². The van der Waals surface area contributed by atoms with Gasteiger partial charge in [-0.05, 0) is 54.4 Å². The highest BCUT2D eigenvalue weighted by Gasteiger charge is 2.12. The van der Waals surface area contributed by atoms with Crippen molar-refractivity contribution in [3.05, 3.63) is 87.9 Å². The van der Waals surface area contributed by atoms with Gasteiger partial charge in [-0.15, -0.1) is 5.10 Å². The molecule has 1 N–H and O–H groups in total. The number of nitrogens with one attached hydrogen (secondary N) is 1. The highest BCUT2D eigenvalue weighted by molar-refractivity contribution is 9.10. The molecule has 0 saturated carbocycles. The van der Waals surface area contributed by atoms with Crippen LogP contribution in [-0.2, 0) is 6.54 Å². The van der Waals surface area contributed by atoms with E-state index in [1.54, 1.807) is 12.1 Å². The summed E-state index contributed by atoms with van der Waals surface area (Å²) in [5, 5.41) is 11.4. The molecule has 4 rings (SSSR count). The minimum Gasteiger partial charge on any atom is -0.322 e. The van der Waals surface area contributed by atoms with Crippen molar-refractivity contribution in [3.8, 4) is 0 Å². The summed E-state index contributed by atoms with van der Waals surface area (Å²) in [4.78, 5) is 12.6. The van der Waals surface area contributed by atoms with Crippen LogP contribution >= 0.6 is 15.9 Å². The Balaban J connectivity index is 1.57. The third-order valence-electron chi connectivity index (χ3n) is 4.39. The summed E-state index contributed by atoms with van der Waals surface area (Å²) in [7, 11) is 0. The molecule has 27 heavy (non-hydrogen) atoms. The molecule has 0 fully saturated rings. The molecule has 0 spiro atoms. The molecular formula is C21H17BrN4O. The zero-order valence-corrected chi connectivity index (χ0v) is 16.3. The first kappa shape index (κ1) is 17.4. The number of fused-ring (bicyclic) bond motifs is 1. The molecule has 3 aromatic carbocycles. The third kappa shape index (κ3) is 3.75. The van der Waals surface area contributed by atoms with Crippen molar-refractivity contribution >= 4 is 38.6 Å². The fraction of sp³-hybridized carbons (Fsp3) is 0.0952. The number of amides is 1. The van der Waals surface area contributed by atoms with Gasteiger partial charge in [-0.2, -0.15) is 0 Å². The number of halogens is 1. The number of nitrogens with zero attached hydrogens (tertiary/aromatic N) is 3.